The molecule has 2 aliphatic heterocycles. The number of carbonyl (C=O) groups is 1. The van der Waals surface area contributed by atoms with E-state index in [2.05, 4.69) is 18.7 Å². The first-order chi connectivity index (χ1) is 16.4. The molecule has 7 nitrogen and oxygen atoms in total. The third kappa shape index (κ3) is 5.98. The molecule has 1 amide bonds. The van der Waals surface area contributed by atoms with Crippen LogP contribution in [0.2, 0.25) is 0 Å². The molecule has 0 radical (unpaired) electrons. The molecule has 0 N–H and O–H groups in total. The van der Waals surface area contributed by atoms with Gasteiger partial charge in [0.05, 0.1) is 13.7 Å². The monoisotopic (exact) mass is 472 g/mol. The van der Waals surface area contributed by atoms with Gasteiger partial charge in [-0.3, -0.25) is 9.69 Å². The fourth-order valence-corrected chi connectivity index (χ4v) is 4.37. The Hall–Kier alpha value is -2.84. The summed E-state index contributed by atoms with van der Waals surface area (Å²) in [6.07, 6.45) is -0.559. The van der Waals surface area contributed by atoms with Crippen molar-refractivity contribution in [3.8, 4) is 17.2 Å². The third-order valence-corrected chi connectivity index (χ3v) is 5.95. The lowest BCUT2D eigenvalue weighted by molar-refractivity contribution is -0.151. The number of rotatable bonds is 8. The molecule has 2 aromatic carbocycles. The van der Waals surface area contributed by atoms with Crippen LogP contribution in [-0.4, -0.2) is 68.4 Å². The van der Waals surface area contributed by atoms with Gasteiger partial charge in [0.1, 0.15) is 30.9 Å². The van der Waals surface area contributed by atoms with Crippen LogP contribution in [0.15, 0.2) is 36.4 Å². The lowest BCUT2D eigenvalue weighted by Crippen LogP contribution is -2.51. The highest BCUT2D eigenvalue weighted by Gasteiger charge is 2.31. The Morgan fingerprint density at radius 2 is 1.94 bits per heavy atom. The van der Waals surface area contributed by atoms with Gasteiger partial charge >= 0.3 is 0 Å². The molecule has 0 bridgehead atoms. The quantitative estimate of drug-likeness (QED) is 0.586. The molecule has 2 aromatic rings. The summed E-state index contributed by atoms with van der Waals surface area (Å²) >= 11 is 0. The first-order valence-corrected chi connectivity index (χ1v) is 11.8. The summed E-state index contributed by atoms with van der Waals surface area (Å²) in [6, 6.07) is 10.4. The second-order valence-electron chi connectivity index (χ2n) is 9.14. The molecule has 1 saturated heterocycles. The molecular formula is C26H33FN2O5. The summed E-state index contributed by atoms with van der Waals surface area (Å²) in [5.41, 5.74) is 1.87. The van der Waals surface area contributed by atoms with Crippen LogP contribution >= 0.6 is 0 Å². The van der Waals surface area contributed by atoms with Crippen LogP contribution in [-0.2, 0) is 22.6 Å². The van der Waals surface area contributed by atoms with Crippen molar-refractivity contribution in [2.75, 3.05) is 46.6 Å². The summed E-state index contributed by atoms with van der Waals surface area (Å²) in [6.45, 7) is 8.53. The molecule has 8 heteroatoms. The Kier molecular flexibility index (Phi) is 7.90. The van der Waals surface area contributed by atoms with E-state index in [0.29, 0.717) is 70.0 Å². The molecule has 4 rings (SSSR count). The van der Waals surface area contributed by atoms with Crippen LogP contribution in [0.3, 0.4) is 0 Å². The number of carbonyl (C=O) groups excluding carboxylic acids is 1. The Bertz CT molecular complexity index is 999. The number of benzene rings is 2. The van der Waals surface area contributed by atoms with Gasteiger partial charge in [-0.1, -0.05) is 26.0 Å². The molecule has 0 aliphatic carbocycles. The number of fused-ring (bicyclic) bond motifs is 1. The lowest BCUT2D eigenvalue weighted by atomic mass is 10.1. The zero-order valence-electron chi connectivity index (χ0n) is 20.1. The summed E-state index contributed by atoms with van der Waals surface area (Å²) in [5.74, 6) is 1.91. The molecule has 0 spiro atoms. The van der Waals surface area contributed by atoms with Crippen molar-refractivity contribution in [2.24, 2.45) is 5.92 Å². The van der Waals surface area contributed by atoms with Gasteiger partial charge in [-0.2, -0.15) is 0 Å². The fourth-order valence-electron chi connectivity index (χ4n) is 4.37. The maximum absolute atomic E-state index is 13.6. The topological polar surface area (TPSA) is 60.5 Å². The lowest BCUT2D eigenvalue weighted by Gasteiger charge is -2.36. The molecule has 34 heavy (non-hydrogen) atoms. The number of nitrogens with zero attached hydrogens (tertiary/aromatic N) is 2. The van der Waals surface area contributed by atoms with Crippen LogP contribution in [0.25, 0.3) is 0 Å². The summed E-state index contributed by atoms with van der Waals surface area (Å²) in [4.78, 5) is 17.6. The van der Waals surface area contributed by atoms with Crippen LogP contribution in [0, 0.1) is 11.7 Å². The SMILES string of the molecule is COc1cc(F)ccc1CN1CCO[C@@H](C(=O)N(Cc2ccc3c(c2)OCCO3)CC(C)C)C1. The van der Waals surface area contributed by atoms with Crippen LogP contribution in [0.5, 0.6) is 17.2 Å². The van der Waals surface area contributed by atoms with E-state index in [-0.39, 0.29) is 11.7 Å². The minimum Gasteiger partial charge on any atom is -0.496 e. The average molecular weight is 473 g/mol. The van der Waals surface area contributed by atoms with Gasteiger partial charge in [-0.15, -0.1) is 0 Å². The van der Waals surface area contributed by atoms with Gasteiger partial charge in [0.2, 0.25) is 0 Å². The van der Waals surface area contributed by atoms with Crippen molar-refractivity contribution < 1.29 is 28.1 Å². The third-order valence-electron chi connectivity index (χ3n) is 5.95. The van der Waals surface area contributed by atoms with E-state index in [9.17, 15) is 9.18 Å². The predicted molar refractivity (Wildman–Crippen MR) is 126 cm³/mol. The second kappa shape index (κ2) is 11.1. The highest BCUT2D eigenvalue weighted by atomic mass is 19.1. The van der Waals surface area contributed by atoms with E-state index >= 15 is 0 Å². The minimum absolute atomic E-state index is 0.0284. The van der Waals surface area contributed by atoms with Gasteiger partial charge in [0, 0.05) is 44.4 Å². The van der Waals surface area contributed by atoms with E-state index in [1.807, 2.05) is 23.1 Å². The Labute approximate surface area is 200 Å². The van der Waals surface area contributed by atoms with E-state index in [0.717, 1.165) is 16.9 Å². The zero-order valence-corrected chi connectivity index (χ0v) is 20.1. The molecule has 2 aliphatic rings. The Balaban J connectivity index is 1.44. The van der Waals surface area contributed by atoms with Crippen molar-refractivity contribution >= 4 is 5.91 Å². The van der Waals surface area contributed by atoms with Crippen LogP contribution < -0.4 is 14.2 Å². The molecule has 1 fully saturated rings. The molecule has 0 saturated carbocycles. The minimum atomic E-state index is -0.559. The number of amides is 1. The van der Waals surface area contributed by atoms with Gasteiger partial charge in [-0.05, 0) is 29.7 Å². The summed E-state index contributed by atoms with van der Waals surface area (Å²) < 4.78 is 36.1. The maximum atomic E-state index is 13.6. The molecular weight excluding hydrogens is 439 g/mol. The van der Waals surface area contributed by atoms with E-state index in [4.69, 9.17) is 18.9 Å². The standard InChI is InChI=1S/C26H33FN2O5/c1-18(2)14-29(15-19-4-7-22-24(12-19)34-11-10-33-22)26(30)25-17-28(8-9-32-25)16-20-5-6-21(27)13-23(20)31-3/h4-7,12-13,18,25H,8-11,14-17H2,1-3H3/t25-/m1/s1. The largest absolute Gasteiger partial charge is 0.496 e. The van der Waals surface area contributed by atoms with Gasteiger partial charge in [-0.25, -0.2) is 4.39 Å². The van der Waals surface area contributed by atoms with Crippen LogP contribution in [0.4, 0.5) is 4.39 Å². The number of ether oxygens (including phenoxy) is 4. The highest BCUT2D eigenvalue weighted by molar-refractivity contribution is 5.81. The normalized spacial score (nSPS) is 18.1. The van der Waals surface area contributed by atoms with Crippen molar-refractivity contribution in [1.82, 2.24) is 9.80 Å². The number of halogens is 1. The summed E-state index contributed by atoms with van der Waals surface area (Å²) in [5, 5.41) is 0. The number of morpholine rings is 1. The molecule has 2 heterocycles. The second-order valence-corrected chi connectivity index (χ2v) is 9.14. The van der Waals surface area contributed by atoms with E-state index in [1.54, 1.807) is 6.07 Å². The Morgan fingerprint density at radius 1 is 1.15 bits per heavy atom. The van der Waals surface area contributed by atoms with Gasteiger partial charge in [0.15, 0.2) is 11.5 Å². The first-order valence-electron chi connectivity index (χ1n) is 11.8. The fraction of sp³-hybridized carbons (Fsp3) is 0.500. The maximum Gasteiger partial charge on any atom is 0.253 e. The first kappa shape index (κ1) is 24.3. The number of hydrogen-bond donors (Lipinski definition) is 0. The average Bonchev–Trinajstić information content (AvgIpc) is 2.84. The van der Waals surface area contributed by atoms with Crippen molar-refractivity contribution in [1.29, 1.82) is 0 Å². The van der Waals surface area contributed by atoms with Gasteiger partial charge in [0.25, 0.3) is 5.91 Å². The van der Waals surface area contributed by atoms with Gasteiger partial charge < -0.3 is 23.8 Å². The van der Waals surface area contributed by atoms with Crippen LogP contribution in [0.1, 0.15) is 25.0 Å². The number of methoxy groups -OCH3 is 1. The smallest absolute Gasteiger partial charge is 0.253 e. The molecule has 0 aromatic heterocycles. The summed E-state index contributed by atoms with van der Waals surface area (Å²) in [7, 11) is 1.53. The van der Waals surface area contributed by atoms with Crippen molar-refractivity contribution in [3.05, 3.63) is 53.3 Å². The molecule has 0 unspecified atom stereocenters. The Morgan fingerprint density at radius 3 is 2.71 bits per heavy atom. The van der Waals surface area contributed by atoms with E-state index in [1.165, 1.54) is 19.2 Å². The highest BCUT2D eigenvalue weighted by Crippen LogP contribution is 2.31. The van der Waals surface area contributed by atoms with E-state index < -0.39 is 6.10 Å². The molecule has 184 valence electrons. The van der Waals surface area contributed by atoms with Crippen molar-refractivity contribution in [2.45, 2.75) is 33.0 Å². The van der Waals surface area contributed by atoms with Crippen molar-refractivity contribution in [3.63, 3.8) is 0 Å². The predicted octanol–water partition coefficient (Wildman–Crippen LogP) is 3.49. The zero-order chi connectivity index (χ0) is 24.1. The molecule has 1 atom stereocenters. The number of hydrogen-bond acceptors (Lipinski definition) is 6.